The largest absolute Gasteiger partial charge is 0.465 e. The van der Waals surface area contributed by atoms with Crippen molar-refractivity contribution < 1.29 is 19.1 Å². The third-order valence-electron chi connectivity index (χ3n) is 2.92. The van der Waals surface area contributed by atoms with Crippen molar-refractivity contribution in [3.8, 4) is 0 Å². The fraction of sp³-hybridized carbons (Fsp3) is 0.857. The number of unbranched alkanes of at least 4 members (excludes halogenated alkanes) is 1. The van der Waals surface area contributed by atoms with Gasteiger partial charge in [-0.3, -0.25) is 4.79 Å². The molecule has 0 aromatic heterocycles. The Morgan fingerprint density at radius 3 is 2.58 bits per heavy atom. The maximum absolute atomic E-state index is 11.8. The van der Waals surface area contributed by atoms with Crippen molar-refractivity contribution in [2.75, 3.05) is 19.7 Å². The minimum absolute atomic E-state index is 0.195. The van der Waals surface area contributed by atoms with Gasteiger partial charge >= 0.3 is 12.1 Å². The summed E-state index contributed by atoms with van der Waals surface area (Å²) in [6.45, 7) is 8.97. The van der Waals surface area contributed by atoms with E-state index in [4.69, 9.17) is 9.47 Å². The summed E-state index contributed by atoms with van der Waals surface area (Å²) in [5.74, 6) is -0.399. The first kappa shape index (κ1) is 15.8. The second kappa shape index (κ2) is 6.78. The van der Waals surface area contributed by atoms with Gasteiger partial charge in [0.05, 0.1) is 12.5 Å². The Labute approximate surface area is 115 Å². The molecule has 1 fully saturated rings. The molecule has 0 N–H and O–H groups in total. The lowest BCUT2D eigenvalue weighted by atomic mass is 10.1. The van der Waals surface area contributed by atoms with Gasteiger partial charge in [0.25, 0.3) is 0 Å². The van der Waals surface area contributed by atoms with E-state index in [-0.39, 0.29) is 18.0 Å². The maximum atomic E-state index is 11.8. The van der Waals surface area contributed by atoms with Gasteiger partial charge in [-0.25, -0.2) is 4.79 Å². The van der Waals surface area contributed by atoms with Gasteiger partial charge in [0.15, 0.2) is 0 Å². The van der Waals surface area contributed by atoms with Gasteiger partial charge < -0.3 is 14.4 Å². The monoisotopic (exact) mass is 271 g/mol. The molecule has 0 bridgehead atoms. The van der Waals surface area contributed by atoms with E-state index in [1.54, 1.807) is 4.90 Å². The van der Waals surface area contributed by atoms with Crippen molar-refractivity contribution in [1.82, 2.24) is 4.90 Å². The fourth-order valence-electron chi connectivity index (χ4n) is 1.88. The number of amides is 1. The smallest absolute Gasteiger partial charge is 0.410 e. The molecule has 0 aromatic rings. The van der Waals surface area contributed by atoms with E-state index in [2.05, 4.69) is 0 Å². The minimum atomic E-state index is -0.503. The molecule has 110 valence electrons. The lowest BCUT2D eigenvalue weighted by Crippen LogP contribution is -2.36. The Morgan fingerprint density at radius 2 is 2.00 bits per heavy atom. The highest BCUT2D eigenvalue weighted by Gasteiger charge is 2.34. The van der Waals surface area contributed by atoms with Crippen LogP contribution in [-0.2, 0) is 14.3 Å². The number of hydrogen-bond donors (Lipinski definition) is 0. The summed E-state index contributed by atoms with van der Waals surface area (Å²) < 4.78 is 10.5. The summed E-state index contributed by atoms with van der Waals surface area (Å²) in [5, 5.41) is 0. The highest BCUT2D eigenvalue weighted by atomic mass is 16.6. The molecule has 1 rings (SSSR count). The highest BCUT2D eigenvalue weighted by Crippen LogP contribution is 2.20. The molecule has 1 atom stereocenters. The summed E-state index contributed by atoms with van der Waals surface area (Å²) >= 11 is 0. The molecule has 1 aliphatic heterocycles. The van der Waals surface area contributed by atoms with E-state index in [9.17, 15) is 9.59 Å². The first-order valence-corrected chi connectivity index (χ1v) is 6.98. The molecular weight excluding hydrogens is 246 g/mol. The number of esters is 1. The van der Waals surface area contributed by atoms with Crippen LogP contribution in [0.15, 0.2) is 0 Å². The standard InChI is InChI=1S/C14H25NO4/c1-5-6-9-18-12(16)11-7-8-15(10-11)13(17)19-14(2,3)4/h11H,5-10H2,1-4H3/t11-/m0/s1. The topological polar surface area (TPSA) is 55.8 Å². The van der Waals surface area contributed by atoms with Crippen LogP contribution in [0.4, 0.5) is 4.79 Å². The third-order valence-corrected chi connectivity index (χ3v) is 2.92. The molecule has 0 unspecified atom stereocenters. The normalized spacial score (nSPS) is 19.4. The van der Waals surface area contributed by atoms with Gasteiger partial charge in [-0.2, -0.15) is 0 Å². The van der Waals surface area contributed by atoms with Crippen molar-refractivity contribution in [3.63, 3.8) is 0 Å². The average molecular weight is 271 g/mol. The molecule has 19 heavy (non-hydrogen) atoms. The van der Waals surface area contributed by atoms with E-state index in [1.807, 2.05) is 27.7 Å². The van der Waals surface area contributed by atoms with Crippen LogP contribution >= 0.6 is 0 Å². The van der Waals surface area contributed by atoms with E-state index in [0.29, 0.717) is 26.1 Å². The zero-order valence-electron chi connectivity index (χ0n) is 12.4. The molecule has 0 radical (unpaired) electrons. The van der Waals surface area contributed by atoms with Crippen LogP contribution in [-0.4, -0.2) is 42.3 Å². The zero-order chi connectivity index (χ0) is 14.5. The molecule has 0 spiro atoms. The summed E-state index contributed by atoms with van der Waals surface area (Å²) in [6, 6.07) is 0. The highest BCUT2D eigenvalue weighted by molar-refractivity contribution is 5.75. The number of rotatable bonds is 4. The Morgan fingerprint density at radius 1 is 1.32 bits per heavy atom. The lowest BCUT2D eigenvalue weighted by molar-refractivity contribution is -0.148. The van der Waals surface area contributed by atoms with Crippen LogP contribution < -0.4 is 0 Å². The van der Waals surface area contributed by atoms with Gasteiger partial charge in [0.1, 0.15) is 5.60 Å². The zero-order valence-corrected chi connectivity index (χ0v) is 12.4. The second-order valence-corrected chi connectivity index (χ2v) is 5.93. The van der Waals surface area contributed by atoms with Crippen molar-refractivity contribution >= 4 is 12.1 Å². The molecule has 1 heterocycles. The van der Waals surface area contributed by atoms with Crippen LogP contribution in [0.2, 0.25) is 0 Å². The molecule has 1 aliphatic rings. The van der Waals surface area contributed by atoms with E-state index in [0.717, 1.165) is 12.8 Å². The number of ether oxygens (including phenoxy) is 2. The maximum Gasteiger partial charge on any atom is 0.410 e. The van der Waals surface area contributed by atoms with Gasteiger partial charge in [0, 0.05) is 13.1 Å². The Hall–Kier alpha value is -1.26. The predicted molar refractivity (Wildman–Crippen MR) is 71.8 cm³/mol. The Kier molecular flexibility index (Phi) is 5.63. The van der Waals surface area contributed by atoms with Crippen LogP contribution in [0.1, 0.15) is 47.0 Å². The fourth-order valence-corrected chi connectivity index (χ4v) is 1.88. The molecule has 1 amide bonds. The second-order valence-electron chi connectivity index (χ2n) is 5.93. The number of nitrogens with zero attached hydrogens (tertiary/aromatic N) is 1. The molecule has 5 nitrogen and oxygen atoms in total. The SMILES string of the molecule is CCCCOC(=O)[C@H]1CCN(C(=O)OC(C)(C)C)C1. The van der Waals surface area contributed by atoms with Crippen LogP contribution in [0.3, 0.4) is 0 Å². The van der Waals surface area contributed by atoms with Crippen LogP contribution in [0.25, 0.3) is 0 Å². The molecule has 0 aromatic carbocycles. The predicted octanol–water partition coefficient (Wildman–Crippen LogP) is 2.59. The molecule has 0 saturated carbocycles. The van der Waals surface area contributed by atoms with E-state index < -0.39 is 5.60 Å². The van der Waals surface area contributed by atoms with Crippen molar-refractivity contribution in [2.24, 2.45) is 5.92 Å². The number of carbonyl (C=O) groups excluding carboxylic acids is 2. The quantitative estimate of drug-likeness (QED) is 0.582. The first-order chi connectivity index (χ1) is 8.83. The molecule has 1 saturated heterocycles. The van der Waals surface area contributed by atoms with Gasteiger partial charge in [0.2, 0.25) is 0 Å². The third kappa shape index (κ3) is 5.49. The van der Waals surface area contributed by atoms with Crippen LogP contribution in [0, 0.1) is 5.92 Å². The summed E-state index contributed by atoms with van der Waals surface area (Å²) in [6.07, 6.45) is 2.19. The summed E-state index contributed by atoms with van der Waals surface area (Å²) in [5.41, 5.74) is -0.503. The summed E-state index contributed by atoms with van der Waals surface area (Å²) in [4.78, 5) is 25.2. The van der Waals surface area contributed by atoms with E-state index >= 15 is 0 Å². The molecule has 5 heteroatoms. The van der Waals surface area contributed by atoms with Gasteiger partial charge in [-0.1, -0.05) is 13.3 Å². The minimum Gasteiger partial charge on any atom is -0.465 e. The number of carbonyl (C=O) groups is 2. The van der Waals surface area contributed by atoms with Crippen LogP contribution in [0.5, 0.6) is 0 Å². The van der Waals surface area contributed by atoms with Crippen molar-refractivity contribution in [1.29, 1.82) is 0 Å². The average Bonchev–Trinajstić information content (AvgIpc) is 2.76. The Bertz CT molecular complexity index is 322. The van der Waals surface area contributed by atoms with Crippen molar-refractivity contribution in [3.05, 3.63) is 0 Å². The van der Waals surface area contributed by atoms with E-state index in [1.165, 1.54) is 0 Å². The Balaban J connectivity index is 2.36. The number of likely N-dealkylation sites (tertiary alicyclic amines) is 1. The van der Waals surface area contributed by atoms with Gasteiger partial charge in [-0.05, 0) is 33.6 Å². The van der Waals surface area contributed by atoms with Gasteiger partial charge in [-0.15, -0.1) is 0 Å². The number of hydrogen-bond acceptors (Lipinski definition) is 4. The first-order valence-electron chi connectivity index (χ1n) is 6.98. The molecule has 0 aliphatic carbocycles. The lowest BCUT2D eigenvalue weighted by Gasteiger charge is -2.24. The summed E-state index contributed by atoms with van der Waals surface area (Å²) in [7, 11) is 0. The van der Waals surface area contributed by atoms with Crippen molar-refractivity contribution in [2.45, 2.75) is 52.6 Å². The molecular formula is C14H25NO4.